The van der Waals surface area contributed by atoms with E-state index in [1.165, 1.54) is 6.20 Å². The number of rotatable bonds is 6. The van der Waals surface area contributed by atoms with Gasteiger partial charge in [0, 0.05) is 39.6 Å². The molecule has 0 atom stereocenters. The highest BCUT2D eigenvalue weighted by atomic mass is 32.2. The van der Waals surface area contributed by atoms with Crippen molar-refractivity contribution in [2.75, 3.05) is 22.1 Å². The number of hydrogen-bond donors (Lipinski definition) is 3. The lowest BCUT2D eigenvalue weighted by Crippen LogP contribution is -2.50. The van der Waals surface area contributed by atoms with Gasteiger partial charge in [-0.15, -0.1) is 0 Å². The summed E-state index contributed by atoms with van der Waals surface area (Å²) in [7, 11) is -0.872. The van der Waals surface area contributed by atoms with Crippen molar-refractivity contribution < 1.29 is 18.2 Å². The van der Waals surface area contributed by atoms with E-state index in [2.05, 4.69) is 20.9 Å². The van der Waals surface area contributed by atoms with E-state index in [-0.39, 0.29) is 23.3 Å². The summed E-state index contributed by atoms with van der Waals surface area (Å²) in [5.41, 5.74) is 3.04. The maximum Gasteiger partial charge on any atom is 0.291 e. The maximum absolute atomic E-state index is 13.0. The minimum absolute atomic E-state index is 0.119. The van der Waals surface area contributed by atoms with Gasteiger partial charge >= 0.3 is 0 Å². The minimum atomic E-state index is -0.872. The van der Waals surface area contributed by atoms with E-state index in [0.717, 1.165) is 16.6 Å². The summed E-state index contributed by atoms with van der Waals surface area (Å²) in [4.78, 5) is 30.1. The molecule has 0 bridgehead atoms. The first-order valence-corrected chi connectivity index (χ1v) is 12.2. The van der Waals surface area contributed by atoms with Crippen molar-refractivity contribution in [1.29, 1.82) is 0 Å². The summed E-state index contributed by atoms with van der Waals surface area (Å²) in [6, 6.07) is 18.2. The van der Waals surface area contributed by atoms with Crippen molar-refractivity contribution in [3.63, 3.8) is 0 Å². The van der Waals surface area contributed by atoms with E-state index in [1.54, 1.807) is 18.2 Å². The second-order valence-corrected chi connectivity index (χ2v) is 9.65. The van der Waals surface area contributed by atoms with Crippen LogP contribution in [0.15, 0.2) is 71.3 Å². The van der Waals surface area contributed by atoms with Gasteiger partial charge in [-0.25, -0.2) is 4.98 Å². The monoisotopic (exact) mass is 474 g/mol. The highest BCUT2D eigenvalue weighted by Crippen LogP contribution is 2.28. The third-order valence-corrected chi connectivity index (χ3v) is 7.10. The molecule has 0 aliphatic carbocycles. The summed E-state index contributed by atoms with van der Waals surface area (Å²) in [5.74, 6) is 0.632. The van der Waals surface area contributed by atoms with Gasteiger partial charge in [0.05, 0.1) is 17.3 Å². The smallest absolute Gasteiger partial charge is 0.291 e. The third-order valence-electron chi connectivity index (χ3n) is 5.55. The molecule has 0 unspecified atom stereocenters. The van der Waals surface area contributed by atoms with Crippen LogP contribution in [0, 0.1) is 6.92 Å². The average Bonchev–Trinajstić information content (AvgIpc) is 3.25. The number of aromatic nitrogens is 1. The van der Waals surface area contributed by atoms with Gasteiger partial charge in [-0.05, 0) is 36.8 Å². The fraction of sp³-hybridized carbons (Fsp3) is 0.160. The number of benzene rings is 2. The van der Waals surface area contributed by atoms with Crippen molar-refractivity contribution in [1.82, 2.24) is 10.3 Å². The van der Waals surface area contributed by atoms with Crippen LogP contribution in [-0.4, -0.2) is 38.6 Å². The molecule has 34 heavy (non-hydrogen) atoms. The van der Waals surface area contributed by atoms with Crippen LogP contribution in [0.25, 0.3) is 11.0 Å². The number of furan rings is 1. The molecule has 2 aromatic carbocycles. The fourth-order valence-corrected chi connectivity index (χ4v) is 4.62. The van der Waals surface area contributed by atoms with Crippen LogP contribution in [0.3, 0.4) is 0 Å². The van der Waals surface area contributed by atoms with Crippen LogP contribution in [0.2, 0.25) is 0 Å². The Kier molecular flexibility index (Phi) is 5.85. The predicted octanol–water partition coefficient (Wildman–Crippen LogP) is 3.99. The summed E-state index contributed by atoms with van der Waals surface area (Å²) >= 11 is 0. The van der Waals surface area contributed by atoms with E-state index >= 15 is 0 Å². The number of carbonyl (C=O) groups is 2. The Morgan fingerprint density at radius 3 is 2.53 bits per heavy atom. The van der Waals surface area contributed by atoms with Gasteiger partial charge in [-0.3, -0.25) is 13.8 Å². The van der Waals surface area contributed by atoms with Crippen molar-refractivity contribution in [2.45, 2.75) is 13.0 Å². The Hall–Kier alpha value is -3.98. The van der Waals surface area contributed by atoms with Crippen LogP contribution in [-0.2, 0) is 10.8 Å². The number of aryl methyl sites for hydroxylation is 1. The number of para-hydroxylation sites is 2. The van der Waals surface area contributed by atoms with Crippen molar-refractivity contribution in [3.8, 4) is 0 Å². The molecule has 1 aliphatic heterocycles. The number of amides is 2. The predicted molar refractivity (Wildman–Crippen MR) is 132 cm³/mol. The van der Waals surface area contributed by atoms with E-state index in [9.17, 15) is 13.8 Å². The lowest BCUT2D eigenvalue weighted by Gasteiger charge is -2.25. The van der Waals surface area contributed by atoms with Crippen LogP contribution < -0.4 is 16.0 Å². The van der Waals surface area contributed by atoms with E-state index in [4.69, 9.17) is 4.42 Å². The van der Waals surface area contributed by atoms with Crippen molar-refractivity contribution >= 4 is 50.8 Å². The average molecular weight is 475 g/mol. The Labute approximate surface area is 198 Å². The first kappa shape index (κ1) is 21.8. The molecule has 1 saturated heterocycles. The summed E-state index contributed by atoms with van der Waals surface area (Å²) in [6.07, 6.45) is 1.45. The molecule has 172 valence electrons. The lowest BCUT2D eigenvalue weighted by molar-refractivity contribution is 0.0940. The van der Waals surface area contributed by atoms with Gasteiger partial charge in [-0.1, -0.05) is 36.4 Å². The minimum Gasteiger partial charge on any atom is -0.451 e. The highest BCUT2D eigenvalue weighted by molar-refractivity contribution is 7.86. The summed E-state index contributed by atoms with van der Waals surface area (Å²) < 4.78 is 17.0. The lowest BCUT2D eigenvalue weighted by atomic mass is 10.2. The number of fused-ring (bicyclic) bond motifs is 1. The van der Waals surface area contributed by atoms with E-state index in [1.807, 2.05) is 49.4 Å². The number of nitrogens with one attached hydrogen (secondary N) is 3. The van der Waals surface area contributed by atoms with Crippen molar-refractivity contribution in [2.24, 2.45) is 0 Å². The highest BCUT2D eigenvalue weighted by Gasteiger charge is 2.27. The zero-order valence-electron chi connectivity index (χ0n) is 18.3. The molecule has 0 spiro atoms. The molecule has 3 N–H and O–H groups in total. The van der Waals surface area contributed by atoms with Gasteiger partial charge in [0.1, 0.15) is 5.58 Å². The molecule has 0 radical (unpaired) electrons. The van der Waals surface area contributed by atoms with Crippen molar-refractivity contribution in [3.05, 3.63) is 83.7 Å². The van der Waals surface area contributed by atoms with Crippen LogP contribution in [0.1, 0.15) is 26.5 Å². The number of nitrogens with zero attached hydrogens (tertiary/aromatic N) is 1. The second-order valence-electron chi connectivity index (χ2n) is 8.11. The number of carbonyl (C=O) groups excluding carboxylic acids is 2. The standard InChI is InChI=1S/C25H22N4O4S/c1-15-6-2-4-8-19(15)28-23-20(10-17(12-26-23)24(30)27-18-13-34(32)14-18)29-25(31)22-11-16-7-3-5-9-21(16)33-22/h2-12,18H,13-14H2,1H3,(H,26,28)(H,27,30)(H,29,31). The van der Waals surface area contributed by atoms with Crippen LogP contribution >= 0.6 is 0 Å². The van der Waals surface area contributed by atoms with Gasteiger partial charge in [-0.2, -0.15) is 0 Å². The second kappa shape index (κ2) is 9.11. The first-order chi connectivity index (χ1) is 16.5. The quantitative estimate of drug-likeness (QED) is 0.389. The fourth-order valence-electron chi connectivity index (χ4n) is 3.65. The Morgan fingerprint density at radius 2 is 1.76 bits per heavy atom. The topological polar surface area (TPSA) is 113 Å². The summed E-state index contributed by atoms with van der Waals surface area (Å²) in [6.45, 7) is 1.96. The molecule has 8 nitrogen and oxygen atoms in total. The zero-order valence-corrected chi connectivity index (χ0v) is 19.1. The molecule has 2 aromatic heterocycles. The van der Waals surface area contributed by atoms with Crippen LogP contribution in [0.5, 0.6) is 0 Å². The normalized spacial score (nSPS) is 17.1. The molecule has 3 heterocycles. The SMILES string of the molecule is Cc1ccccc1Nc1ncc(C(=O)NC2CS(=O)C2)cc1NC(=O)c1cc2ccccc2o1. The molecule has 5 rings (SSSR count). The number of anilines is 3. The van der Waals surface area contributed by atoms with Gasteiger partial charge in [0.15, 0.2) is 11.6 Å². The Morgan fingerprint density at radius 1 is 1.00 bits per heavy atom. The molecular formula is C25H22N4O4S. The summed E-state index contributed by atoms with van der Waals surface area (Å²) in [5, 5.41) is 9.72. The molecule has 1 fully saturated rings. The van der Waals surface area contributed by atoms with Gasteiger partial charge in [0.2, 0.25) is 0 Å². The number of pyridine rings is 1. The first-order valence-electron chi connectivity index (χ1n) is 10.7. The Bertz CT molecular complexity index is 1390. The molecule has 0 saturated carbocycles. The number of hydrogen-bond acceptors (Lipinski definition) is 6. The van der Waals surface area contributed by atoms with Crippen LogP contribution in [0.4, 0.5) is 17.2 Å². The Balaban J connectivity index is 1.44. The zero-order chi connectivity index (χ0) is 23.7. The third kappa shape index (κ3) is 4.55. The van der Waals surface area contributed by atoms with E-state index < -0.39 is 16.7 Å². The largest absolute Gasteiger partial charge is 0.451 e. The molecular weight excluding hydrogens is 452 g/mol. The van der Waals surface area contributed by atoms with Gasteiger partial charge < -0.3 is 20.4 Å². The molecule has 2 amide bonds. The van der Waals surface area contributed by atoms with E-state index in [0.29, 0.717) is 28.6 Å². The van der Waals surface area contributed by atoms with Gasteiger partial charge in [0.25, 0.3) is 11.8 Å². The molecule has 4 aromatic rings. The molecule has 1 aliphatic rings. The molecule has 9 heteroatoms. The maximum atomic E-state index is 13.0.